The van der Waals surface area contributed by atoms with Crippen LogP contribution in [0.5, 0.6) is 0 Å². The van der Waals surface area contributed by atoms with Crippen LogP contribution in [0.2, 0.25) is 0 Å². The van der Waals surface area contributed by atoms with E-state index in [2.05, 4.69) is 14.9 Å². The van der Waals surface area contributed by atoms with E-state index in [9.17, 15) is 13.6 Å². The maximum absolute atomic E-state index is 12.9. The highest BCUT2D eigenvalue weighted by Crippen LogP contribution is 2.36. The fourth-order valence-corrected chi connectivity index (χ4v) is 2.17. The van der Waals surface area contributed by atoms with Crippen LogP contribution in [0.4, 0.5) is 13.8 Å². The normalized spacial score (nSPS) is 20.6. The summed E-state index contributed by atoms with van der Waals surface area (Å²) in [6.07, 6.45) is 1.52. The van der Waals surface area contributed by atoms with Crippen molar-refractivity contribution in [3.8, 4) is 0 Å². The van der Waals surface area contributed by atoms with Crippen LogP contribution in [0.15, 0.2) is 6.20 Å². The van der Waals surface area contributed by atoms with Crippen molar-refractivity contribution < 1.29 is 13.6 Å². The van der Waals surface area contributed by atoms with Gasteiger partial charge in [-0.05, 0) is 12.8 Å². The molecule has 1 aliphatic carbocycles. The summed E-state index contributed by atoms with van der Waals surface area (Å²) in [5.41, 5.74) is 0. The van der Waals surface area contributed by atoms with Crippen LogP contribution in [0.1, 0.15) is 25.7 Å². The zero-order valence-corrected chi connectivity index (χ0v) is 9.27. The molecule has 1 heterocycles. The molecule has 7 heteroatoms. The first-order chi connectivity index (χ1) is 7.57. The van der Waals surface area contributed by atoms with Gasteiger partial charge in [0.05, 0.1) is 6.20 Å². The standard InChI is InChI=1S/C9H11F2N3OS/c10-9(11)3-1-6(2-4-9)8(15)13-7-5-12-14-16-7/h5-6H,1-4H2,(H,13,15). The maximum Gasteiger partial charge on any atom is 0.248 e. The number of hydrogen-bond acceptors (Lipinski definition) is 4. The number of alkyl halides is 2. The van der Waals surface area contributed by atoms with Gasteiger partial charge in [-0.2, -0.15) is 0 Å². The Morgan fingerprint density at radius 3 is 2.75 bits per heavy atom. The highest BCUT2D eigenvalue weighted by atomic mass is 32.1. The number of aromatic nitrogens is 2. The second-order valence-electron chi connectivity index (χ2n) is 3.90. The summed E-state index contributed by atoms with van der Waals surface area (Å²) < 4.78 is 29.3. The van der Waals surface area contributed by atoms with Gasteiger partial charge < -0.3 is 5.32 Å². The van der Waals surface area contributed by atoms with Crippen molar-refractivity contribution >= 4 is 22.4 Å². The Morgan fingerprint density at radius 1 is 1.50 bits per heavy atom. The molecular weight excluding hydrogens is 236 g/mol. The zero-order chi connectivity index (χ0) is 11.6. The summed E-state index contributed by atoms with van der Waals surface area (Å²) in [5.74, 6) is -3.12. The minimum atomic E-state index is -2.59. The molecule has 4 nitrogen and oxygen atoms in total. The highest BCUT2D eigenvalue weighted by Gasteiger charge is 2.37. The molecule has 1 fully saturated rings. The summed E-state index contributed by atoms with van der Waals surface area (Å²) >= 11 is 1.07. The van der Waals surface area contributed by atoms with Gasteiger partial charge in [-0.1, -0.05) is 4.49 Å². The largest absolute Gasteiger partial charge is 0.315 e. The number of anilines is 1. The Kier molecular flexibility index (Phi) is 3.13. The molecule has 2 rings (SSSR count). The van der Waals surface area contributed by atoms with Crippen LogP contribution in [0.25, 0.3) is 0 Å². The van der Waals surface area contributed by atoms with Gasteiger partial charge in [-0.15, -0.1) is 5.10 Å². The van der Waals surface area contributed by atoms with Crippen LogP contribution in [0, 0.1) is 5.92 Å². The van der Waals surface area contributed by atoms with Crippen LogP contribution in [0.3, 0.4) is 0 Å². The van der Waals surface area contributed by atoms with Gasteiger partial charge in [-0.3, -0.25) is 4.79 Å². The minimum absolute atomic E-state index is 0.202. The molecule has 0 unspecified atom stereocenters. The van der Waals surface area contributed by atoms with E-state index < -0.39 is 5.92 Å². The number of nitrogens with one attached hydrogen (secondary N) is 1. The van der Waals surface area contributed by atoms with Crippen molar-refractivity contribution in [3.63, 3.8) is 0 Å². The minimum Gasteiger partial charge on any atom is -0.315 e. The Morgan fingerprint density at radius 2 is 2.19 bits per heavy atom. The lowest BCUT2D eigenvalue weighted by Gasteiger charge is -2.27. The van der Waals surface area contributed by atoms with E-state index in [-0.39, 0.29) is 37.5 Å². The molecular formula is C9H11F2N3OS. The van der Waals surface area contributed by atoms with Crippen molar-refractivity contribution in [2.45, 2.75) is 31.6 Å². The third kappa shape index (κ3) is 2.72. The lowest BCUT2D eigenvalue weighted by Crippen LogP contribution is -2.31. The first-order valence-corrected chi connectivity index (χ1v) is 5.80. The number of halogens is 2. The molecule has 1 aliphatic rings. The Labute approximate surface area is 95.2 Å². The van der Waals surface area contributed by atoms with Crippen molar-refractivity contribution in [2.24, 2.45) is 5.92 Å². The third-order valence-corrected chi connectivity index (χ3v) is 3.28. The molecule has 1 aromatic heterocycles. The molecule has 16 heavy (non-hydrogen) atoms. The average Bonchev–Trinajstić information content (AvgIpc) is 2.70. The summed E-state index contributed by atoms with van der Waals surface area (Å²) in [5, 5.41) is 6.76. The molecule has 88 valence electrons. The molecule has 1 saturated carbocycles. The van der Waals surface area contributed by atoms with Crippen LogP contribution >= 0.6 is 11.5 Å². The number of carbonyl (C=O) groups is 1. The molecule has 0 spiro atoms. The van der Waals surface area contributed by atoms with Gasteiger partial charge in [0, 0.05) is 30.3 Å². The van der Waals surface area contributed by atoms with E-state index in [1.807, 2.05) is 0 Å². The fraction of sp³-hybridized carbons (Fsp3) is 0.667. The second-order valence-corrected chi connectivity index (χ2v) is 4.69. The van der Waals surface area contributed by atoms with E-state index in [4.69, 9.17) is 0 Å². The number of amides is 1. The second kappa shape index (κ2) is 4.40. The molecule has 1 aromatic rings. The quantitative estimate of drug-likeness (QED) is 0.872. The molecule has 0 radical (unpaired) electrons. The van der Waals surface area contributed by atoms with E-state index in [1.165, 1.54) is 6.20 Å². The Bertz CT molecular complexity index is 359. The average molecular weight is 247 g/mol. The Hall–Kier alpha value is -1.11. The van der Waals surface area contributed by atoms with E-state index in [1.54, 1.807) is 0 Å². The van der Waals surface area contributed by atoms with Crippen LogP contribution < -0.4 is 5.32 Å². The van der Waals surface area contributed by atoms with E-state index in [0.29, 0.717) is 5.00 Å². The molecule has 0 atom stereocenters. The Balaban J connectivity index is 1.87. The van der Waals surface area contributed by atoms with Gasteiger partial charge in [-0.25, -0.2) is 8.78 Å². The lowest BCUT2D eigenvalue weighted by atomic mass is 9.86. The molecule has 0 aliphatic heterocycles. The number of nitrogens with zero attached hydrogens (tertiary/aromatic N) is 2. The van der Waals surface area contributed by atoms with E-state index >= 15 is 0 Å². The van der Waals surface area contributed by atoms with E-state index in [0.717, 1.165) is 11.5 Å². The SMILES string of the molecule is O=C(Nc1cnns1)C1CCC(F)(F)CC1. The fourth-order valence-electron chi connectivity index (χ4n) is 1.75. The topological polar surface area (TPSA) is 54.9 Å². The maximum atomic E-state index is 12.9. The van der Waals surface area contributed by atoms with Gasteiger partial charge in [0.25, 0.3) is 0 Å². The highest BCUT2D eigenvalue weighted by molar-refractivity contribution is 7.10. The van der Waals surface area contributed by atoms with Gasteiger partial charge in [0.2, 0.25) is 11.8 Å². The molecule has 0 saturated heterocycles. The molecule has 0 aromatic carbocycles. The van der Waals surface area contributed by atoms with Crippen LogP contribution in [-0.2, 0) is 4.79 Å². The summed E-state index contributed by atoms with van der Waals surface area (Å²) in [6, 6.07) is 0. The summed E-state index contributed by atoms with van der Waals surface area (Å²) in [6.45, 7) is 0. The molecule has 1 N–H and O–H groups in total. The monoisotopic (exact) mass is 247 g/mol. The molecule has 0 bridgehead atoms. The smallest absolute Gasteiger partial charge is 0.248 e. The van der Waals surface area contributed by atoms with Crippen molar-refractivity contribution in [1.29, 1.82) is 0 Å². The number of hydrogen-bond donors (Lipinski definition) is 1. The van der Waals surface area contributed by atoms with Crippen molar-refractivity contribution in [1.82, 2.24) is 9.59 Å². The van der Waals surface area contributed by atoms with Gasteiger partial charge >= 0.3 is 0 Å². The first-order valence-electron chi connectivity index (χ1n) is 5.03. The predicted octanol–water partition coefficient (Wildman–Crippen LogP) is 2.30. The first kappa shape index (κ1) is 11.4. The van der Waals surface area contributed by atoms with Crippen molar-refractivity contribution in [3.05, 3.63) is 6.20 Å². The van der Waals surface area contributed by atoms with Crippen LogP contribution in [-0.4, -0.2) is 21.4 Å². The van der Waals surface area contributed by atoms with Gasteiger partial charge in [0.1, 0.15) is 5.00 Å². The predicted molar refractivity (Wildman–Crippen MR) is 55.4 cm³/mol. The lowest BCUT2D eigenvalue weighted by molar-refractivity contribution is -0.123. The number of rotatable bonds is 2. The summed E-state index contributed by atoms with van der Waals surface area (Å²) in [7, 11) is 0. The van der Waals surface area contributed by atoms with Crippen molar-refractivity contribution in [2.75, 3.05) is 5.32 Å². The molecule has 1 amide bonds. The van der Waals surface area contributed by atoms with Gasteiger partial charge in [0.15, 0.2) is 0 Å². The summed E-state index contributed by atoms with van der Waals surface area (Å²) in [4.78, 5) is 11.7. The number of carbonyl (C=O) groups excluding carboxylic acids is 1. The third-order valence-electron chi connectivity index (χ3n) is 2.70. The zero-order valence-electron chi connectivity index (χ0n) is 8.45.